The van der Waals surface area contributed by atoms with Crippen LogP contribution in [0.3, 0.4) is 0 Å². The molecule has 0 bridgehead atoms. The number of halogens is 2. The minimum absolute atomic E-state index is 0.114. The van der Waals surface area contributed by atoms with Gasteiger partial charge in [0.1, 0.15) is 5.69 Å². The topological polar surface area (TPSA) is 44.1 Å². The molecule has 0 saturated heterocycles. The van der Waals surface area contributed by atoms with Crippen molar-refractivity contribution in [1.29, 1.82) is 0 Å². The molecule has 0 aliphatic rings. The number of methoxy groups -OCH3 is 1. The molecule has 2 aromatic rings. The lowest BCUT2D eigenvalue weighted by Gasteiger charge is -2.09. The number of carbonyl (C=O) groups is 1. The molecule has 0 aliphatic carbocycles. The van der Waals surface area contributed by atoms with Crippen molar-refractivity contribution in [3.8, 4) is 0 Å². The van der Waals surface area contributed by atoms with E-state index in [1.165, 1.54) is 6.20 Å². The Morgan fingerprint density at radius 2 is 2.25 bits per heavy atom. The monoisotopic (exact) mass is 404 g/mol. The van der Waals surface area contributed by atoms with E-state index in [9.17, 15) is 4.79 Å². The van der Waals surface area contributed by atoms with E-state index in [0.717, 1.165) is 9.13 Å². The lowest BCUT2D eigenvalue weighted by atomic mass is 10.1. The smallest absolute Gasteiger partial charge is 0.213 e. The second-order valence-electron chi connectivity index (χ2n) is 4.32. The predicted octanol–water partition coefficient (Wildman–Crippen LogP) is 3.33. The van der Waals surface area contributed by atoms with Crippen molar-refractivity contribution in [3.05, 3.63) is 49.8 Å². The molecule has 0 N–H and O–H groups in total. The number of rotatable bonds is 5. The van der Waals surface area contributed by atoms with Crippen LogP contribution < -0.4 is 0 Å². The number of benzene rings is 1. The Balaban J connectivity index is 2.43. The first-order valence-electron chi connectivity index (χ1n) is 6.06. The molecule has 0 fully saturated rings. The SMILES string of the molecule is COCCn1ncc(Cl)c1C(=O)c1cccc(C)c1I. The van der Waals surface area contributed by atoms with Crippen molar-refractivity contribution in [1.82, 2.24) is 9.78 Å². The molecule has 0 spiro atoms. The molecule has 0 atom stereocenters. The fourth-order valence-electron chi connectivity index (χ4n) is 1.89. The lowest BCUT2D eigenvalue weighted by Crippen LogP contribution is -2.15. The van der Waals surface area contributed by atoms with Crippen LogP contribution in [0.4, 0.5) is 0 Å². The Morgan fingerprint density at radius 3 is 2.95 bits per heavy atom. The van der Waals surface area contributed by atoms with Gasteiger partial charge in [0.2, 0.25) is 5.78 Å². The highest BCUT2D eigenvalue weighted by molar-refractivity contribution is 14.1. The first-order valence-corrected chi connectivity index (χ1v) is 7.52. The molecule has 2 rings (SSSR count). The number of carbonyl (C=O) groups excluding carboxylic acids is 1. The van der Waals surface area contributed by atoms with E-state index < -0.39 is 0 Å². The minimum atomic E-state index is -0.114. The number of ketones is 1. The van der Waals surface area contributed by atoms with Gasteiger partial charge in [-0.3, -0.25) is 9.48 Å². The molecule has 0 unspecified atom stereocenters. The third-order valence-corrected chi connectivity index (χ3v) is 4.66. The second-order valence-corrected chi connectivity index (χ2v) is 5.81. The quantitative estimate of drug-likeness (QED) is 0.567. The zero-order valence-corrected chi connectivity index (χ0v) is 14.1. The van der Waals surface area contributed by atoms with Crippen molar-refractivity contribution in [2.75, 3.05) is 13.7 Å². The van der Waals surface area contributed by atoms with Crippen LogP contribution in [0, 0.1) is 10.5 Å². The van der Waals surface area contributed by atoms with Crippen molar-refractivity contribution >= 4 is 40.0 Å². The minimum Gasteiger partial charge on any atom is -0.383 e. The number of ether oxygens (including phenoxy) is 1. The highest BCUT2D eigenvalue weighted by Crippen LogP contribution is 2.24. The van der Waals surface area contributed by atoms with Crippen LogP contribution >= 0.6 is 34.2 Å². The highest BCUT2D eigenvalue weighted by atomic mass is 127. The van der Waals surface area contributed by atoms with Crippen LogP contribution in [0.1, 0.15) is 21.6 Å². The van der Waals surface area contributed by atoms with E-state index in [2.05, 4.69) is 27.7 Å². The standard InChI is InChI=1S/C14H14ClIN2O2/c1-9-4-3-5-10(12(9)16)14(19)13-11(15)8-17-18(13)6-7-20-2/h3-5,8H,6-7H2,1-2H3. The molecule has 0 saturated carbocycles. The molecule has 1 aromatic carbocycles. The number of hydrogen-bond acceptors (Lipinski definition) is 3. The number of nitrogens with zero attached hydrogens (tertiary/aromatic N) is 2. The Labute approximate surface area is 136 Å². The van der Waals surface area contributed by atoms with E-state index in [-0.39, 0.29) is 5.78 Å². The first kappa shape index (κ1) is 15.5. The Morgan fingerprint density at radius 1 is 1.50 bits per heavy atom. The Kier molecular flexibility index (Phi) is 5.17. The van der Waals surface area contributed by atoms with E-state index >= 15 is 0 Å². The van der Waals surface area contributed by atoms with Crippen molar-refractivity contribution in [3.63, 3.8) is 0 Å². The van der Waals surface area contributed by atoms with Crippen molar-refractivity contribution < 1.29 is 9.53 Å². The largest absolute Gasteiger partial charge is 0.383 e. The van der Waals surface area contributed by atoms with Crippen molar-refractivity contribution in [2.45, 2.75) is 13.5 Å². The summed E-state index contributed by atoms with van der Waals surface area (Å²) >= 11 is 8.29. The Bertz CT molecular complexity index is 640. The molecule has 20 heavy (non-hydrogen) atoms. The van der Waals surface area contributed by atoms with Crippen LogP contribution in [0.2, 0.25) is 5.02 Å². The van der Waals surface area contributed by atoms with Gasteiger partial charge in [0, 0.05) is 16.2 Å². The maximum absolute atomic E-state index is 12.7. The summed E-state index contributed by atoms with van der Waals surface area (Å²) in [5, 5.41) is 4.50. The average molecular weight is 405 g/mol. The van der Waals surface area contributed by atoms with Gasteiger partial charge in [-0.05, 0) is 41.1 Å². The molecule has 1 heterocycles. The normalized spacial score (nSPS) is 10.8. The van der Waals surface area contributed by atoms with Crippen LogP contribution in [0.25, 0.3) is 0 Å². The van der Waals surface area contributed by atoms with Gasteiger partial charge >= 0.3 is 0 Å². The first-order chi connectivity index (χ1) is 9.56. The zero-order chi connectivity index (χ0) is 14.7. The van der Waals surface area contributed by atoms with Gasteiger partial charge in [-0.25, -0.2) is 0 Å². The molecule has 0 aliphatic heterocycles. The maximum Gasteiger partial charge on any atom is 0.213 e. The van der Waals surface area contributed by atoms with Crippen LogP contribution in [-0.2, 0) is 11.3 Å². The average Bonchev–Trinajstić information content (AvgIpc) is 2.80. The lowest BCUT2D eigenvalue weighted by molar-refractivity contribution is 0.102. The van der Waals surface area contributed by atoms with Crippen LogP contribution in [-0.4, -0.2) is 29.3 Å². The third-order valence-electron chi connectivity index (χ3n) is 2.95. The summed E-state index contributed by atoms with van der Waals surface area (Å²) in [4.78, 5) is 12.7. The van der Waals surface area contributed by atoms with Crippen LogP contribution in [0.5, 0.6) is 0 Å². The zero-order valence-electron chi connectivity index (χ0n) is 11.2. The summed E-state index contributed by atoms with van der Waals surface area (Å²) in [6.45, 7) is 2.94. The molecule has 0 radical (unpaired) electrons. The van der Waals surface area contributed by atoms with Gasteiger partial charge in [-0.1, -0.05) is 23.7 Å². The highest BCUT2D eigenvalue weighted by Gasteiger charge is 2.21. The van der Waals surface area contributed by atoms with E-state index in [1.807, 2.05) is 19.1 Å². The van der Waals surface area contributed by atoms with Crippen molar-refractivity contribution in [2.24, 2.45) is 0 Å². The van der Waals surface area contributed by atoms with Gasteiger partial charge in [0.15, 0.2) is 0 Å². The molecule has 4 nitrogen and oxygen atoms in total. The summed E-state index contributed by atoms with van der Waals surface area (Å²) in [5.41, 5.74) is 2.12. The molecule has 106 valence electrons. The third kappa shape index (κ3) is 3.05. The Hall–Kier alpha value is -0.920. The summed E-state index contributed by atoms with van der Waals surface area (Å²) < 4.78 is 7.55. The fourth-order valence-corrected chi connectivity index (χ4v) is 2.72. The molecular formula is C14H14ClIN2O2. The summed E-state index contributed by atoms with van der Waals surface area (Å²) in [5.74, 6) is -0.114. The van der Waals surface area contributed by atoms with Gasteiger partial charge < -0.3 is 4.74 Å². The summed E-state index contributed by atoms with van der Waals surface area (Å²) in [7, 11) is 1.61. The number of aryl methyl sites for hydroxylation is 1. The van der Waals surface area contributed by atoms with Crippen LogP contribution in [0.15, 0.2) is 24.4 Å². The van der Waals surface area contributed by atoms with E-state index in [1.54, 1.807) is 17.9 Å². The molecule has 6 heteroatoms. The number of hydrogen-bond donors (Lipinski definition) is 0. The fraction of sp³-hybridized carbons (Fsp3) is 0.286. The maximum atomic E-state index is 12.7. The van der Waals surface area contributed by atoms with Gasteiger partial charge in [0.25, 0.3) is 0 Å². The second kappa shape index (κ2) is 6.69. The molecule has 1 aromatic heterocycles. The van der Waals surface area contributed by atoms with E-state index in [0.29, 0.717) is 29.4 Å². The van der Waals surface area contributed by atoms with Gasteiger partial charge in [-0.2, -0.15) is 5.10 Å². The number of aromatic nitrogens is 2. The predicted molar refractivity (Wildman–Crippen MR) is 86.4 cm³/mol. The molecule has 0 amide bonds. The van der Waals surface area contributed by atoms with Gasteiger partial charge in [0.05, 0.1) is 24.4 Å². The molecular weight excluding hydrogens is 391 g/mol. The summed E-state index contributed by atoms with van der Waals surface area (Å²) in [6.07, 6.45) is 1.49. The summed E-state index contributed by atoms with van der Waals surface area (Å²) in [6, 6.07) is 5.65. The van der Waals surface area contributed by atoms with E-state index in [4.69, 9.17) is 16.3 Å². The van der Waals surface area contributed by atoms with Gasteiger partial charge in [-0.15, -0.1) is 0 Å².